The maximum absolute atomic E-state index is 7.21. The maximum atomic E-state index is 7.21. The molecule has 0 unspecified atom stereocenters. The highest BCUT2D eigenvalue weighted by molar-refractivity contribution is 7.00. The molecule has 0 saturated heterocycles. The van der Waals surface area contributed by atoms with Gasteiger partial charge in [0.1, 0.15) is 52.5 Å². The van der Waals surface area contributed by atoms with Crippen molar-refractivity contribution in [2.24, 2.45) is 0 Å². The third-order valence-electron chi connectivity index (χ3n) is 31.1. The van der Waals surface area contributed by atoms with E-state index in [4.69, 9.17) is 29.2 Å². The predicted molar refractivity (Wildman–Crippen MR) is 600 cm³/mol. The van der Waals surface area contributed by atoms with Crippen LogP contribution in [-0.2, 0) is 0 Å². The minimum absolute atomic E-state index is 0.0149. The number of hydrogen-bond acceptors (Lipinski definition) is 7. The fourth-order valence-electron chi connectivity index (χ4n) is 25.2. The van der Waals surface area contributed by atoms with Gasteiger partial charge in [-0.25, -0.2) is 15.0 Å². The van der Waals surface area contributed by atoms with Crippen molar-refractivity contribution in [2.75, 3.05) is 4.90 Å². The van der Waals surface area contributed by atoms with E-state index in [9.17, 15) is 0 Å². The highest BCUT2D eigenvalue weighted by Gasteiger charge is 2.46. The van der Waals surface area contributed by atoms with E-state index in [1.165, 1.54) is 131 Å². The maximum Gasteiger partial charge on any atom is 0.256 e. The first kappa shape index (κ1) is 80.4. The Morgan fingerprint density at radius 1 is 0.205 bits per heavy atom. The molecule has 13 heterocycles. The molecule has 7 aromatic heterocycles. The zero-order valence-corrected chi connectivity index (χ0v) is 78.4. The van der Waals surface area contributed by atoms with Crippen LogP contribution in [0.2, 0.25) is 0 Å². The van der Waals surface area contributed by atoms with E-state index < -0.39 is 0 Å². The molecule has 6 aliphatic rings. The highest BCUT2D eigenvalue weighted by atomic mass is 16.5. The van der Waals surface area contributed by atoms with E-state index in [1.54, 1.807) is 0 Å². The first-order chi connectivity index (χ1) is 72.5. The molecule has 0 radical (unpaired) electrons. The molecule has 676 valence electrons. The quantitative estimate of drug-likeness (QED) is 0.133. The number of aromatic nitrogens is 10. The lowest BCUT2D eigenvalue weighted by atomic mass is 9.34. The number of rotatable bonds is 9. The van der Waals surface area contributed by atoms with Gasteiger partial charge in [0, 0.05) is 130 Å². The lowest BCUT2D eigenvalue weighted by molar-refractivity contribution is 0.486. The van der Waals surface area contributed by atoms with Crippen molar-refractivity contribution >= 4 is 207 Å². The standard InChI is InChI=1S/C49H31BN4O.C43H25BN4O.C37H22BN3O/c1-4-15-32(16-5-1)49-51-41-24-14-23-40-48(41)54(49)44-29-36(52(33-17-6-2-7-18-33)34-19-8-3-9-20-34)31-46-47(44)50(40)39-28-27-35(30-45(39)55-46)53-42-25-12-10-21-37(42)38-22-11-13-26-43(38)53;1-5-16-35-28(10-1)29-11-2-6-17-36(29)47(35)26-20-21-32-40(23-26)49-41-24-27(48-37-18-7-3-12-30(37)31-13-4-8-19-38(31)48)22-39-42(41)44(32)33-14-9-15-34-43(33)46(39)25-45-34;1-2-10-23(11-3-1)37-39-29-15-8-14-28-36(29)41(37)32-18-9-19-33-35(32)38(28)27-21-20-24(22-34(27)42-33)40-30-16-6-4-12-25(30)26-13-5-7-17-31(26)40/h1-31H;1-25H;1-22H. The first-order valence-electron chi connectivity index (χ1n) is 49.9. The number of para-hydroxylation sites is 13. The monoisotopic (exact) mass is 1860 g/mol. The zero-order chi connectivity index (χ0) is 95.2. The number of imidazole rings is 3. The zero-order valence-electron chi connectivity index (χ0n) is 78.4. The van der Waals surface area contributed by atoms with Gasteiger partial charge in [-0.05, 0) is 183 Å². The van der Waals surface area contributed by atoms with Crippen molar-refractivity contribution < 1.29 is 14.2 Å². The summed E-state index contributed by atoms with van der Waals surface area (Å²) in [7, 11) is 0. The Balaban J connectivity index is 0.0000000984. The Morgan fingerprint density at radius 3 is 0.938 bits per heavy atom. The molecule has 146 heavy (non-hydrogen) atoms. The first-order valence-corrected chi connectivity index (χ1v) is 49.9. The van der Waals surface area contributed by atoms with Gasteiger partial charge in [0.05, 0.1) is 88.6 Å². The Hall–Kier alpha value is -19.4. The summed E-state index contributed by atoms with van der Waals surface area (Å²) in [5.41, 5.74) is 39.6. The molecule has 6 aliphatic heterocycles. The summed E-state index contributed by atoms with van der Waals surface area (Å²) in [5.74, 6) is 7.14. The average molecular weight is 1860 g/mol. The van der Waals surface area contributed by atoms with Gasteiger partial charge in [-0.1, -0.05) is 303 Å². The van der Waals surface area contributed by atoms with Gasteiger partial charge < -0.3 is 37.4 Å². The van der Waals surface area contributed by atoms with Crippen LogP contribution < -0.4 is 68.3 Å². The Bertz CT molecular complexity index is 10200. The SMILES string of the molecule is c1cc2c3c(c1)ncn3-c1cc(-n3c4ccccc4c4ccccc43)cc3c1B2c1ccc(-n2c4ccccc4c4ccccc42)cc1O3.c1ccc(-c2nc3cccc4c3n2-c2cc(N(c3ccccc3)c3ccccc3)cc3c2B4c2ccc(-n4c5ccccc5c5ccccc54)cc2O3)cc1.c1ccc(-c2nc3cccc4c3n2-c2cccc3c2B4c2ccc(-n4c5ccccc5c5ccccc54)cc2O3)cc1. The molecule has 0 atom stereocenters. The summed E-state index contributed by atoms with van der Waals surface area (Å²) in [6.07, 6.45) is 1.97. The fraction of sp³-hybridized carbons (Fsp3) is 0. The van der Waals surface area contributed by atoms with Gasteiger partial charge in [-0.2, -0.15) is 0 Å². The van der Waals surface area contributed by atoms with Gasteiger partial charge >= 0.3 is 0 Å². The van der Waals surface area contributed by atoms with Crippen molar-refractivity contribution in [3.05, 3.63) is 473 Å². The second-order valence-corrected chi connectivity index (χ2v) is 38.7. The minimum Gasteiger partial charge on any atom is -0.458 e. The lowest BCUT2D eigenvalue weighted by Crippen LogP contribution is -2.58. The van der Waals surface area contributed by atoms with Gasteiger partial charge in [0.2, 0.25) is 0 Å². The van der Waals surface area contributed by atoms with Crippen LogP contribution in [0.15, 0.2) is 473 Å². The molecule has 0 spiro atoms. The number of nitrogens with zero attached hydrogens (tertiary/aromatic N) is 11. The van der Waals surface area contributed by atoms with Gasteiger partial charge in [0.15, 0.2) is 0 Å². The normalized spacial score (nSPS) is 12.8. The van der Waals surface area contributed by atoms with Crippen molar-refractivity contribution in [3.8, 4) is 97.1 Å². The fourth-order valence-corrected chi connectivity index (χ4v) is 25.2. The molecule has 0 amide bonds. The second kappa shape index (κ2) is 31.1. The van der Waals surface area contributed by atoms with Crippen LogP contribution in [0.1, 0.15) is 0 Å². The van der Waals surface area contributed by atoms with Crippen molar-refractivity contribution in [1.29, 1.82) is 0 Å². The van der Waals surface area contributed by atoms with Crippen LogP contribution in [0.3, 0.4) is 0 Å². The van der Waals surface area contributed by atoms with E-state index in [0.29, 0.717) is 0 Å². The molecular weight excluding hydrogens is 1780 g/mol. The van der Waals surface area contributed by atoms with E-state index in [1.807, 2.05) is 12.4 Å². The molecule has 0 fully saturated rings. The lowest BCUT2D eigenvalue weighted by Gasteiger charge is -2.35. The summed E-state index contributed by atoms with van der Waals surface area (Å²) in [6.45, 7) is 0.0261. The van der Waals surface area contributed by atoms with E-state index in [2.05, 4.69) is 498 Å². The van der Waals surface area contributed by atoms with Gasteiger partial charge in [0.25, 0.3) is 20.1 Å². The Kier molecular flexibility index (Phi) is 17.1. The van der Waals surface area contributed by atoms with E-state index >= 15 is 0 Å². The number of hydrogen-bond donors (Lipinski definition) is 0. The second-order valence-electron chi connectivity index (χ2n) is 38.7. The number of anilines is 3. The topological polar surface area (TPSA) is 104 Å². The predicted octanol–water partition coefficient (Wildman–Crippen LogP) is 25.1. The molecule has 0 N–H and O–H groups in total. The third-order valence-corrected chi connectivity index (χ3v) is 31.1. The number of ether oxygens (including phenoxy) is 3. The van der Waals surface area contributed by atoms with Crippen LogP contribution >= 0.6 is 0 Å². The molecule has 28 aromatic rings. The number of fused-ring (bicyclic) bond motifs is 24. The third kappa shape index (κ3) is 11.6. The van der Waals surface area contributed by atoms with Crippen LogP contribution in [0.5, 0.6) is 34.5 Å². The van der Waals surface area contributed by atoms with Crippen molar-refractivity contribution in [2.45, 2.75) is 0 Å². The Labute approximate surface area is 837 Å². The van der Waals surface area contributed by atoms with Crippen LogP contribution in [0.25, 0.3) is 183 Å². The van der Waals surface area contributed by atoms with Crippen molar-refractivity contribution in [3.63, 3.8) is 0 Å². The summed E-state index contributed by atoms with van der Waals surface area (Å²) < 4.78 is 37.5. The van der Waals surface area contributed by atoms with Gasteiger partial charge in [-0.15, -0.1) is 0 Å². The van der Waals surface area contributed by atoms with E-state index in [0.717, 1.165) is 153 Å². The molecule has 34 rings (SSSR count). The molecule has 21 aromatic carbocycles. The molecular formula is C129H78B3N11O3. The number of benzene rings is 21. The molecule has 0 aliphatic carbocycles. The van der Waals surface area contributed by atoms with Crippen molar-refractivity contribution in [1.82, 2.24) is 46.9 Å². The van der Waals surface area contributed by atoms with Crippen LogP contribution in [-0.4, -0.2) is 67.1 Å². The van der Waals surface area contributed by atoms with Crippen LogP contribution in [0.4, 0.5) is 17.1 Å². The summed E-state index contributed by atoms with van der Waals surface area (Å²) in [5, 5.41) is 9.94. The van der Waals surface area contributed by atoms with Crippen LogP contribution in [0, 0.1) is 0 Å². The summed E-state index contributed by atoms with van der Waals surface area (Å²) in [6, 6.07) is 167. The van der Waals surface area contributed by atoms with E-state index in [-0.39, 0.29) is 20.1 Å². The minimum atomic E-state index is -0.0478. The highest BCUT2D eigenvalue weighted by Crippen LogP contribution is 2.48. The summed E-state index contributed by atoms with van der Waals surface area (Å²) in [4.78, 5) is 17.7. The molecule has 0 saturated carbocycles. The smallest absolute Gasteiger partial charge is 0.256 e. The molecule has 17 heteroatoms. The Morgan fingerprint density at radius 2 is 0.527 bits per heavy atom. The average Bonchev–Trinajstić information content (AvgIpc) is 1.42. The largest absolute Gasteiger partial charge is 0.458 e. The summed E-state index contributed by atoms with van der Waals surface area (Å²) >= 11 is 0. The molecule has 14 nitrogen and oxygen atoms in total. The molecule has 0 bridgehead atoms. The van der Waals surface area contributed by atoms with Gasteiger partial charge in [-0.3, -0.25) is 13.7 Å².